The number of nitrogens with zero attached hydrogens (tertiary/aromatic N) is 1. The van der Waals surface area contributed by atoms with Gasteiger partial charge in [0.2, 0.25) is 5.91 Å². The number of para-hydroxylation sites is 1. The third-order valence-electron chi connectivity index (χ3n) is 2.68. The summed E-state index contributed by atoms with van der Waals surface area (Å²) in [6.07, 6.45) is 0.107. The SMILES string of the molecule is CCN(C(=O)CC(CN)OC)c1ccccc1.Cl. The lowest BCUT2D eigenvalue weighted by Crippen LogP contribution is -2.36. The van der Waals surface area contributed by atoms with E-state index >= 15 is 0 Å². The fraction of sp³-hybridized carbons (Fsp3) is 0.462. The maximum absolute atomic E-state index is 12.1. The number of hydrogen-bond acceptors (Lipinski definition) is 3. The molecule has 0 bridgehead atoms. The van der Waals surface area contributed by atoms with Gasteiger partial charge in [-0.2, -0.15) is 0 Å². The number of halogens is 1. The number of rotatable bonds is 6. The van der Waals surface area contributed by atoms with Crippen molar-refractivity contribution in [2.75, 3.05) is 25.1 Å². The highest BCUT2D eigenvalue weighted by Crippen LogP contribution is 2.14. The molecule has 0 saturated carbocycles. The smallest absolute Gasteiger partial charge is 0.229 e. The molecular formula is C13H21ClN2O2. The molecule has 5 heteroatoms. The van der Waals surface area contributed by atoms with E-state index < -0.39 is 0 Å². The molecule has 1 aromatic carbocycles. The Labute approximate surface area is 115 Å². The van der Waals surface area contributed by atoms with Gasteiger partial charge in [-0.05, 0) is 19.1 Å². The van der Waals surface area contributed by atoms with Crippen LogP contribution in [0.1, 0.15) is 13.3 Å². The summed E-state index contributed by atoms with van der Waals surface area (Å²) >= 11 is 0. The molecule has 4 nitrogen and oxygen atoms in total. The van der Waals surface area contributed by atoms with E-state index in [0.29, 0.717) is 19.5 Å². The number of benzene rings is 1. The molecule has 0 aliphatic carbocycles. The van der Waals surface area contributed by atoms with Crippen molar-refractivity contribution in [1.29, 1.82) is 0 Å². The number of hydrogen-bond donors (Lipinski definition) is 1. The Morgan fingerprint density at radius 3 is 2.44 bits per heavy atom. The Bertz CT molecular complexity index is 342. The fourth-order valence-electron chi connectivity index (χ4n) is 1.68. The van der Waals surface area contributed by atoms with Gasteiger partial charge < -0.3 is 15.4 Å². The molecule has 0 aliphatic heterocycles. The van der Waals surface area contributed by atoms with Crippen molar-refractivity contribution in [3.05, 3.63) is 30.3 Å². The first-order chi connectivity index (χ1) is 8.22. The van der Waals surface area contributed by atoms with E-state index in [-0.39, 0.29) is 24.4 Å². The molecule has 0 radical (unpaired) electrons. The molecule has 1 rings (SSSR count). The average Bonchev–Trinajstić information content (AvgIpc) is 2.38. The van der Waals surface area contributed by atoms with Gasteiger partial charge >= 0.3 is 0 Å². The van der Waals surface area contributed by atoms with Crippen LogP contribution in [0.25, 0.3) is 0 Å². The van der Waals surface area contributed by atoms with E-state index in [9.17, 15) is 4.79 Å². The van der Waals surface area contributed by atoms with Crippen LogP contribution in [-0.2, 0) is 9.53 Å². The van der Waals surface area contributed by atoms with E-state index in [0.717, 1.165) is 5.69 Å². The Morgan fingerprint density at radius 2 is 2.00 bits per heavy atom. The minimum atomic E-state index is -0.208. The zero-order valence-electron chi connectivity index (χ0n) is 10.8. The predicted octanol–water partition coefficient (Wildman–Crippen LogP) is 1.83. The number of carbonyl (C=O) groups is 1. The third-order valence-corrected chi connectivity index (χ3v) is 2.68. The third kappa shape index (κ3) is 4.64. The van der Waals surface area contributed by atoms with Crippen LogP contribution in [0.15, 0.2) is 30.3 Å². The molecule has 0 fully saturated rings. The van der Waals surface area contributed by atoms with Gasteiger partial charge in [-0.25, -0.2) is 0 Å². The number of nitrogens with two attached hydrogens (primary N) is 1. The molecule has 2 N–H and O–H groups in total. The Kier molecular flexibility index (Phi) is 8.37. The number of anilines is 1. The highest BCUT2D eigenvalue weighted by Gasteiger charge is 2.18. The molecule has 0 aromatic heterocycles. The minimum absolute atomic E-state index is 0. The van der Waals surface area contributed by atoms with Crippen molar-refractivity contribution in [3.63, 3.8) is 0 Å². The van der Waals surface area contributed by atoms with Crippen LogP contribution in [0.3, 0.4) is 0 Å². The minimum Gasteiger partial charge on any atom is -0.380 e. The van der Waals surface area contributed by atoms with E-state index in [1.807, 2.05) is 37.3 Å². The van der Waals surface area contributed by atoms with Gasteiger partial charge in [0, 0.05) is 25.9 Å². The largest absolute Gasteiger partial charge is 0.380 e. The topological polar surface area (TPSA) is 55.6 Å². The predicted molar refractivity (Wildman–Crippen MR) is 76.2 cm³/mol. The molecule has 1 unspecified atom stereocenters. The van der Waals surface area contributed by atoms with Crippen molar-refractivity contribution in [3.8, 4) is 0 Å². The summed E-state index contributed by atoms with van der Waals surface area (Å²) in [6.45, 7) is 2.95. The van der Waals surface area contributed by atoms with E-state index in [1.54, 1.807) is 12.0 Å². The quantitative estimate of drug-likeness (QED) is 0.860. The van der Waals surface area contributed by atoms with Crippen molar-refractivity contribution >= 4 is 24.0 Å². The van der Waals surface area contributed by atoms with E-state index in [1.165, 1.54) is 0 Å². The number of methoxy groups -OCH3 is 1. The summed E-state index contributed by atoms with van der Waals surface area (Å²) in [6, 6.07) is 9.61. The second-order valence-corrected chi connectivity index (χ2v) is 3.77. The number of carbonyl (C=O) groups excluding carboxylic acids is 1. The molecule has 0 heterocycles. The highest BCUT2D eigenvalue weighted by atomic mass is 35.5. The summed E-state index contributed by atoms with van der Waals surface area (Å²) in [7, 11) is 1.57. The van der Waals surface area contributed by atoms with Crippen molar-refractivity contribution in [2.45, 2.75) is 19.4 Å². The Morgan fingerprint density at radius 1 is 1.39 bits per heavy atom. The maximum atomic E-state index is 12.1. The van der Waals surface area contributed by atoms with E-state index in [2.05, 4.69) is 0 Å². The number of amides is 1. The van der Waals surface area contributed by atoms with Crippen molar-refractivity contribution < 1.29 is 9.53 Å². The fourth-order valence-corrected chi connectivity index (χ4v) is 1.68. The molecule has 18 heavy (non-hydrogen) atoms. The lowest BCUT2D eigenvalue weighted by molar-refractivity contribution is -0.120. The maximum Gasteiger partial charge on any atom is 0.229 e. The highest BCUT2D eigenvalue weighted by molar-refractivity contribution is 5.93. The van der Waals surface area contributed by atoms with Crippen molar-refractivity contribution in [1.82, 2.24) is 0 Å². The van der Waals surface area contributed by atoms with Crippen LogP contribution in [0.2, 0.25) is 0 Å². The normalized spacial score (nSPS) is 11.5. The molecule has 0 saturated heterocycles. The first-order valence-electron chi connectivity index (χ1n) is 5.81. The van der Waals surface area contributed by atoms with Crippen LogP contribution in [-0.4, -0.2) is 32.2 Å². The van der Waals surface area contributed by atoms with Crippen LogP contribution < -0.4 is 10.6 Å². The summed E-state index contributed by atoms with van der Waals surface area (Å²) in [5, 5.41) is 0. The Balaban J connectivity index is 0.00000289. The molecule has 0 spiro atoms. The van der Waals surface area contributed by atoms with Crippen LogP contribution in [0.5, 0.6) is 0 Å². The van der Waals surface area contributed by atoms with Gasteiger partial charge in [0.25, 0.3) is 0 Å². The summed E-state index contributed by atoms with van der Waals surface area (Å²) in [5.41, 5.74) is 6.43. The van der Waals surface area contributed by atoms with Gasteiger partial charge in [0.15, 0.2) is 0 Å². The Hall–Kier alpha value is -1.10. The van der Waals surface area contributed by atoms with Gasteiger partial charge in [0.1, 0.15) is 0 Å². The second kappa shape index (κ2) is 8.91. The zero-order chi connectivity index (χ0) is 12.7. The first kappa shape index (κ1) is 16.9. The number of ether oxygens (including phenoxy) is 1. The summed E-state index contributed by atoms with van der Waals surface area (Å²) < 4.78 is 5.13. The molecule has 0 aliphatic rings. The van der Waals surface area contributed by atoms with E-state index in [4.69, 9.17) is 10.5 Å². The van der Waals surface area contributed by atoms with Gasteiger partial charge in [0.05, 0.1) is 12.5 Å². The molecule has 102 valence electrons. The van der Waals surface area contributed by atoms with Gasteiger partial charge in [-0.15, -0.1) is 12.4 Å². The lowest BCUT2D eigenvalue weighted by Gasteiger charge is -2.23. The van der Waals surface area contributed by atoms with Crippen LogP contribution in [0.4, 0.5) is 5.69 Å². The zero-order valence-corrected chi connectivity index (χ0v) is 11.7. The van der Waals surface area contributed by atoms with Crippen molar-refractivity contribution in [2.24, 2.45) is 5.73 Å². The van der Waals surface area contributed by atoms with Gasteiger partial charge in [-0.1, -0.05) is 18.2 Å². The van der Waals surface area contributed by atoms with Crippen LogP contribution >= 0.6 is 12.4 Å². The monoisotopic (exact) mass is 272 g/mol. The molecule has 1 aromatic rings. The van der Waals surface area contributed by atoms with Crippen LogP contribution in [0, 0.1) is 0 Å². The molecular weight excluding hydrogens is 252 g/mol. The average molecular weight is 273 g/mol. The molecule has 1 atom stereocenters. The summed E-state index contributed by atoms with van der Waals surface area (Å²) in [5.74, 6) is 0.0380. The summed E-state index contributed by atoms with van der Waals surface area (Å²) in [4.78, 5) is 13.8. The molecule has 1 amide bonds. The standard InChI is InChI=1S/C13H20N2O2.ClH/c1-3-15(11-7-5-4-6-8-11)13(16)9-12(10-14)17-2;/h4-8,12H,3,9-10,14H2,1-2H3;1H. The van der Waals surface area contributed by atoms with Gasteiger partial charge in [-0.3, -0.25) is 4.79 Å². The lowest BCUT2D eigenvalue weighted by atomic mass is 10.2. The first-order valence-corrected chi connectivity index (χ1v) is 5.81. The second-order valence-electron chi connectivity index (χ2n) is 3.77.